The van der Waals surface area contributed by atoms with Crippen molar-refractivity contribution in [3.05, 3.63) is 57.5 Å². The molecule has 0 bridgehead atoms. The average Bonchev–Trinajstić information content (AvgIpc) is 3.28. The van der Waals surface area contributed by atoms with E-state index in [2.05, 4.69) is 39.6 Å². The molecule has 164 valence electrons. The summed E-state index contributed by atoms with van der Waals surface area (Å²) in [6.07, 6.45) is 3.07. The van der Waals surface area contributed by atoms with Crippen LogP contribution in [0, 0.1) is 34.6 Å². The van der Waals surface area contributed by atoms with E-state index in [1.165, 1.54) is 38.8 Å². The molecule has 1 aliphatic rings. The van der Waals surface area contributed by atoms with Crippen molar-refractivity contribution in [3.8, 4) is 11.3 Å². The first kappa shape index (κ1) is 21.8. The van der Waals surface area contributed by atoms with Crippen molar-refractivity contribution in [3.63, 3.8) is 0 Å². The van der Waals surface area contributed by atoms with Crippen LogP contribution in [0.1, 0.15) is 60.2 Å². The lowest BCUT2D eigenvalue weighted by Gasteiger charge is -2.19. The van der Waals surface area contributed by atoms with Crippen LogP contribution in [0.4, 0.5) is 0 Å². The van der Waals surface area contributed by atoms with E-state index in [9.17, 15) is 9.90 Å². The normalized spacial score (nSPS) is 21.3. The molecule has 2 unspecified atom stereocenters. The number of aliphatic hydroxyl groups excluding tert-OH is 1. The fraction of sp³-hybridized carbons (Fsp3) is 0.480. The van der Waals surface area contributed by atoms with Crippen molar-refractivity contribution in [1.82, 2.24) is 9.55 Å². The standard InChI is InChI=1S/C25H30N2O4/c1-7-8-9-19-13(2)15(4)23(16(5)14(19)3)21-10-18-12-27(25(29)26-24(18)31-21)22-11-20(28)17(6)30-22/h6,10,12,17,20,22,28H,7-9,11H2,1-5H3/t17?,20-,22?/m1/s1. The van der Waals surface area contributed by atoms with E-state index in [1.807, 2.05) is 6.07 Å². The predicted octanol–water partition coefficient (Wildman–Crippen LogP) is 4.59. The number of fused-ring (bicyclic) bond motifs is 1. The zero-order chi connectivity index (χ0) is 22.4. The van der Waals surface area contributed by atoms with Crippen molar-refractivity contribution >= 4 is 11.1 Å². The van der Waals surface area contributed by atoms with Gasteiger partial charge in [-0.15, -0.1) is 0 Å². The molecule has 3 atom stereocenters. The topological polar surface area (TPSA) is 77.5 Å². The quantitative estimate of drug-likeness (QED) is 0.651. The van der Waals surface area contributed by atoms with Gasteiger partial charge in [-0.1, -0.05) is 13.3 Å². The number of ether oxygens (including phenoxy) is 1. The highest BCUT2D eigenvalue weighted by Gasteiger charge is 2.33. The summed E-state index contributed by atoms with van der Waals surface area (Å²) in [5.41, 5.74) is 7.25. The summed E-state index contributed by atoms with van der Waals surface area (Å²) in [7, 11) is 0. The van der Waals surface area contributed by atoms with Crippen LogP contribution in [0.25, 0.3) is 22.4 Å². The molecule has 1 N–H and O–H groups in total. The lowest BCUT2D eigenvalue weighted by Crippen LogP contribution is -2.26. The summed E-state index contributed by atoms with van der Waals surface area (Å²) >= 11 is 0. The van der Waals surface area contributed by atoms with Crippen LogP contribution in [-0.2, 0) is 11.2 Å². The van der Waals surface area contributed by atoms with Gasteiger partial charge in [0.05, 0.1) is 17.6 Å². The maximum Gasteiger partial charge on any atom is 0.353 e. The predicted molar refractivity (Wildman–Crippen MR) is 120 cm³/mol. The Morgan fingerprint density at radius 2 is 1.87 bits per heavy atom. The Bertz CT molecular complexity index is 1150. The molecule has 0 aliphatic carbocycles. The maximum atomic E-state index is 12.6. The van der Waals surface area contributed by atoms with E-state index in [0.29, 0.717) is 16.9 Å². The van der Waals surface area contributed by atoms with Crippen LogP contribution in [0.5, 0.6) is 0 Å². The van der Waals surface area contributed by atoms with Crippen molar-refractivity contribution < 1.29 is 14.3 Å². The third kappa shape index (κ3) is 3.72. The molecular weight excluding hydrogens is 392 g/mol. The van der Waals surface area contributed by atoms with Gasteiger partial charge in [0.15, 0.2) is 0 Å². The molecule has 1 aliphatic heterocycles. The number of benzene rings is 1. The van der Waals surface area contributed by atoms with Crippen LogP contribution >= 0.6 is 0 Å². The number of hydrogen-bond acceptors (Lipinski definition) is 5. The van der Waals surface area contributed by atoms with Gasteiger partial charge in [-0.25, -0.2) is 4.79 Å². The van der Waals surface area contributed by atoms with Crippen molar-refractivity contribution in [2.75, 3.05) is 0 Å². The van der Waals surface area contributed by atoms with E-state index in [0.717, 1.165) is 18.4 Å². The lowest BCUT2D eigenvalue weighted by molar-refractivity contribution is 0.00363. The number of furan rings is 1. The van der Waals surface area contributed by atoms with Gasteiger partial charge in [-0.05, 0) is 81.3 Å². The van der Waals surface area contributed by atoms with Crippen LogP contribution < -0.4 is 5.69 Å². The first-order valence-corrected chi connectivity index (χ1v) is 10.9. The summed E-state index contributed by atoms with van der Waals surface area (Å²) in [4.78, 5) is 16.7. The molecule has 1 saturated heterocycles. The molecule has 6 heteroatoms. The zero-order valence-corrected chi connectivity index (χ0v) is 18.9. The molecule has 2 aromatic heterocycles. The van der Waals surface area contributed by atoms with Crippen molar-refractivity contribution in [2.24, 2.45) is 0 Å². The molecule has 1 aromatic carbocycles. The summed E-state index contributed by atoms with van der Waals surface area (Å²) in [5.74, 6) is 0.701. The number of rotatable bonds is 5. The van der Waals surface area contributed by atoms with E-state index in [4.69, 9.17) is 16.1 Å². The Morgan fingerprint density at radius 1 is 1.19 bits per heavy atom. The van der Waals surface area contributed by atoms with Gasteiger partial charge in [0.1, 0.15) is 12.0 Å². The molecule has 0 saturated carbocycles. The second kappa shape index (κ2) is 8.24. The highest BCUT2D eigenvalue weighted by atomic mass is 16.5. The Morgan fingerprint density at radius 3 is 2.45 bits per heavy atom. The monoisotopic (exact) mass is 422 g/mol. The summed E-state index contributed by atoms with van der Waals surface area (Å²) in [6.45, 7) is 16.5. The third-order valence-electron chi connectivity index (χ3n) is 6.69. The number of nitrogens with zero attached hydrogens (tertiary/aromatic N) is 2. The molecule has 4 rings (SSSR count). The smallest absolute Gasteiger partial charge is 0.353 e. The van der Waals surface area contributed by atoms with E-state index < -0.39 is 24.1 Å². The first-order chi connectivity index (χ1) is 14.7. The van der Waals surface area contributed by atoms with Gasteiger partial charge in [0.2, 0.25) is 5.71 Å². The SMILES string of the molecule is [CH]C1OC(n2cc3cc(-c4c(C)c(C)c(CCCC)c(C)c4C)oc3nc2=O)C[C@H]1O. The second-order valence-electron chi connectivity index (χ2n) is 8.62. The van der Waals surface area contributed by atoms with Gasteiger partial charge < -0.3 is 14.3 Å². The summed E-state index contributed by atoms with van der Waals surface area (Å²) in [6, 6.07) is 1.92. The largest absolute Gasteiger partial charge is 0.437 e. The fourth-order valence-electron chi connectivity index (χ4n) is 4.59. The maximum absolute atomic E-state index is 12.6. The summed E-state index contributed by atoms with van der Waals surface area (Å²) in [5, 5.41) is 10.6. The zero-order valence-electron chi connectivity index (χ0n) is 18.9. The van der Waals surface area contributed by atoms with Gasteiger partial charge in [0.25, 0.3) is 0 Å². The molecule has 0 spiro atoms. The van der Waals surface area contributed by atoms with Gasteiger partial charge >= 0.3 is 5.69 Å². The number of unbranched alkanes of at least 4 members (excludes halogenated alkanes) is 1. The Kier molecular flexibility index (Phi) is 5.79. The number of aliphatic hydroxyl groups is 1. The highest BCUT2D eigenvalue weighted by molar-refractivity contribution is 5.82. The molecule has 0 amide bonds. The van der Waals surface area contributed by atoms with Crippen LogP contribution in [0.2, 0.25) is 0 Å². The minimum Gasteiger partial charge on any atom is -0.437 e. The van der Waals surface area contributed by atoms with E-state index in [-0.39, 0.29) is 6.42 Å². The minimum atomic E-state index is -0.810. The highest BCUT2D eigenvalue weighted by Crippen LogP contribution is 2.37. The van der Waals surface area contributed by atoms with E-state index >= 15 is 0 Å². The summed E-state index contributed by atoms with van der Waals surface area (Å²) < 4.78 is 12.9. The molecule has 6 nitrogen and oxygen atoms in total. The first-order valence-electron chi connectivity index (χ1n) is 10.9. The molecular formula is C25H30N2O4. The second-order valence-corrected chi connectivity index (χ2v) is 8.62. The van der Waals surface area contributed by atoms with Crippen LogP contribution in [0.3, 0.4) is 0 Å². The van der Waals surface area contributed by atoms with Gasteiger partial charge in [-0.3, -0.25) is 4.57 Å². The van der Waals surface area contributed by atoms with Crippen LogP contribution in [0.15, 0.2) is 21.5 Å². The molecule has 2 radical (unpaired) electrons. The Balaban J connectivity index is 1.80. The van der Waals surface area contributed by atoms with Crippen molar-refractivity contribution in [1.29, 1.82) is 0 Å². The molecule has 3 heterocycles. The van der Waals surface area contributed by atoms with Crippen molar-refractivity contribution in [2.45, 2.75) is 78.7 Å². The number of hydrogen-bond donors (Lipinski definition) is 1. The van der Waals surface area contributed by atoms with Gasteiger partial charge in [0, 0.05) is 18.2 Å². The Labute approximate surface area is 182 Å². The van der Waals surface area contributed by atoms with Crippen LogP contribution in [-0.4, -0.2) is 26.9 Å². The third-order valence-corrected chi connectivity index (χ3v) is 6.69. The van der Waals surface area contributed by atoms with Gasteiger partial charge in [-0.2, -0.15) is 4.98 Å². The van der Waals surface area contributed by atoms with E-state index in [1.54, 1.807) is 6.20 Å². The molecule has 31 heavy (non-hydrogen) atoms. The average molecular weight is 423 g/mol. The fourth-order valence-corrected chi connectivity index (χ4v) is 4.59. The molecule has 3 aromatic rings. The molecule has 1 fully saturated rings. The number of aromatic nitrogens is 2. The minimum absolute atomic E-state index is 0.245. The Hall–Kier alpha value is -2.44. The lowest BCUT2D eigenvalue weighted by atomic mass is 9.86.